The highest BCUT2D eigenvalue weighted by molar-refractivity contribution is 6.01. The number of hydrogen-bond donors (Lipinski definition) is 2. The smallest absolute Gasteiger partial charge is 0.307 e. The van der Waals surface area contributed by atoms with Crippen molar-refractivity contribution in [2.75, 3.05) is 10.6 Å². The van der Waals surface area contributed by atoms with Crippen LogP contribution in [0.15, 0.2) is 36.4 Å². The van der Waals surface area contributed by atoms with Crippen molar-refractivity contribution in [2.24, 2.45) is 0 Å². The van der Waals surface area contributed by atoms with E-state index in [-0.39, 0.29) is 6.03 Å². The van der Waals surface area contributed by atoms with Crippen LogP contribution in [0.4, 0.5) is 16.2 Å². The van der Waals surface area contributed by atoms with Crippen molar-refractivity contribution in [3.63, 3.8) is 0 Å². The second kappa shape index (κ2) is 7.12. The molecule has 0 aliphatic carbocycles. The fourth-order valence-corrected chi connectivity index (χ4v) is 2.62. The van der Waals surface area contributed by atoms with E-state index in [0.29, 0.717) is 0 Å². The monoisotopic (exact) mass is 296 g/mol. The van der Waals surface area contributed by atoms with Gasteiger partial charge in [-0.2, -0.15) is 0 Å². The zero-order valence-electron chi connectivity index (χ0n) is 13.8. The number of hydrogen-bond acceptors (Lipinski definition) is 1. The van der Waals surface area contributed by atoms with Gasteiger partial charge in [0.15, 0.2) is 0 Å². The first kappa shape index (κ1) is 16.1. The van der Waals surface area contributed by atoms with Crippen molar-refractivity contribution < 1.29 is 4.79 Å². The van der Waals surface area contributed by atoms with Crippen LogP contribution in [0, 0.1) is 13.8 Å². The molecule has 0 heterocycles. The highest BCUT2D eigenvalue weighted by atomic mass is 16.2. The van der Waals surface area contributed by atoms with Crippen molar-refractivity contribution >= 4 is 17.4 Å². The van der Waals surface area contributed by atoms with E-state index in [2.05, 4.69) is 42.7 Å². The molecule has 0 bridgehead atoms. The normalized spacial score (nSPS) is 10.4. The lowest BCUT2D eigenvalue weighted by molar-refractivity contribution is 0.262. The van der Waals surface area contributed by atoms with E-state index in [1.165, 1.54) is 5.56 Å². The molecule has 2 N–H and O–H groups in total. The molecular formula is C19H24N2O. The summed E-state index contributed by atoms with van der Waals surface area (Å²) in [6.45, 7) is 8.24. The van der Waals surface area contributed by atoms with Gasteiger partial charge in [-0.15, -0.1) is 0 Å². The molecule has 0 atom stereocenters. The fourth-order valence-electron chi connectivity index (χ4n) is 2.62. The predicted molar refractivity (Wildman–Crippen MR) is 93.8 cm³/mol. The van der Waals surface area contributed by atoms with Gasteiger partial charge in [-0.25, -0.2) is 4.79 Å². The maximum atomic E-state index is 12.3. The van der Waals surface area contributed by atoms with Gasteiger partial charge in [0.05, 0.1) is 0 Å². The number of aryl methyl sites for hydroxylation is 4. The maximum Gasteiger partial charge on any atom is 0.323 e. The molecule has 0 fully saturated rings. The molecule has 0 aromatic heterocycles. The Balaban J connectivity index is 2.19. The second-order valence-corrected chi connectivity index (χ2v) is 5.56. The molecule has 22 heavy (non-hydrogen) atoms. The minimum atomic E-state index is -0.192. The van der Waals surface area contributed by atoms with Crippen LogP contribution in [0.5, 0.6) is 0 Å². The topological polar surface area (TPSA) is 41.1 Å². The van der Waals surface area contributed by atoms with E-state index in [1.54, 1.807) is 0 Å². The van der Waals surface area contributed by atoms with E-state index >= 15 is 0 Å². The van der Waals surface area contributed by atoms with E-state index in [4.69, 9.17) is 0 Å². The van der Waals surface area contributed by atoms with Gasteiger partial charge in [-0.3, -0.25) is 0 Å². The average Bonchev–Trinajstić information content (AvgIpc) is 2.50. The number of rotatable bonds is 4. The first-order chi connectivity index (χ1) is 10.5. The molecule has 2 amide bonds. The van der Waals surface area contributed by atoms with Gasteiger partial charge in [-0.1, -0.05) is 49.7 Å². The molecule has 2 aromatic rings. The minimum absolute atomic E-state index is 0.192. The van der Waals surface area contributed by atoms with Gasteiger partial charge in [0.2, 0.25) is 0 Å². The summed E-state index contributed by atoms with van der Waals surface area (Å²) in [7, 11) is 0. The summed E-state index contributed by atoms with van der Waals surface area (Å²) in [5.41, 5.74) is 6.36. The van der Waals surface area contributed by atoms with Crippen LogP contribution in [0.25, 0.3) is 0 Å². The summed E-state index contributed by atoms with van der Waals surface area (Å²) in [6, 6.07) is 12.0. The molecule has 0 spiro atoms. The average molecular weight is 296 g/mol. The summed E-state index contributed by atoms with van der Waals surface area (Å²) in [6.07, 6.45) is 1.79. The van der Waals surface area contributed by atoms with Crippen molar-refractivity contribution in [3.05, 3.63) is 58.7 Å². The summed E-state index contributed by atoms with van der Waals surface area (Å²) < 4.78 is 0. The van der Waals surface area contributed by atoms with Gasteiger partial charge in [-0.05, 0) is 49.4 Å². The number of nitrogens with one attached hydrogen (secondary N) is 2. The SMILES string of the molecule is CCc1cccc(CC)c1NC(=O)Nc1ccc(C)cc1C. The number of amides is 2. The number of benzene rings is 2. The Morgan fingerprint density at radius 2 is 1.59 bits per heavy atom. The standard InChI is InChI=1S/C19H24N2O/c1-5-15-8-7-9-16(6-2)18(15)21-19(22)20-17-11-10-13(3)12-14(17)4/h7-12H,5-6H2,1-4H3,(H2,20,21,22). The van der Waals surface area contributed by atoms with Crippen molar-refractivity contribution in [1.82, 2.24) is 0 Å². The quantitative estimate of drug-likeness (QED) is 0.812. The Kier molecular flexibility index (Phi) is 5.21. The van der Waals surface area contributed by atoms with E-state index in [0.717, 1.165) is 40.9 Å². The van der Waals surface area contributed by atoms with E-state index in [9.17, 15) is 4.79 Å². The third-order valence-corrected chi connectivity index (χ3v) is 3.87. The minimum Gasteiger partial charge on any atom is -0.307 e. The molecule has 3 nitrogen and oxygen atoms in total. The van der Waals surface area contributed by atoms with Crippen LogP contribution in [0.1, 0.15) is 36.1 Å². The molecule has 116 valence electrons. The fraction of sp³-hybridized carbons (Fsp3) is 0.316. The molecule has 0 radical (unpaired) electrons. The van der Waals surface area contributed by atoms with Gasteiger partial charge in [0.25, 0.3) is 0 Å². The lowest BCUT2D eigenvalue weighted by atomic mass is 10.0. The highest BCUT2D eigenvalue weighted by Crippen LogP contribution is 2.23. The van der Waals surface area contributed by atoms with Gasteiger partial charge < -0.3 is 10.6 Å². The second-order valence-electron chi connectivity index (χ2n) is 5.56. The van der Waals surface area contributed by atoms with Crippen molar-refractivity contribution in [3.8, 4) is 0 Å². The zero-order valence-corrected chi connectivity index (χ0v) is 13.8. The molecule has 0 saturated heterocycles. The van der Waals surface area contributed by atoms with Crippen LogP contribution in [0.3, 0.4) is 0 Å². The molecule has 0 saturated carbocycles. The van der Waals surface area contributed by atoms with E-state index in [1.807, 2.05) is 32.0 Å². The van der Waals surface area contributed by atoms with Crippen LogP contribution in [0.2, 0.25) is 0 Å². The summed E-state index contributed by atoms with van der Waals surface area (Å²) >= 11 is 0. The summed E-state index contributed by atoms with van der Waals surface area (Å²) in [4.78, 5) is 12.3. The van der Waals surface area contributed by atoms with Crippen molar-refractivity contribution in [1.29, 1.82) is 0 Å². The summed E-state index contributed by atoms with van der Waals surface area (Å²) in [5.74, 6) is 0. The molecule has 0 aliphatic rings. The molecule has 2 aromatic carbocycles. The Morgan fingerprint density at radius 3 is 2.14 bits per heavy atom. The molecule has 0 aliphatic heterocycles. The van der Waals surface area contributed by atoms with Crippen LogP contribution < -0.4 is 10.6 Å². The lowest BCUT2D eigenvalue weighted by Gasteiger charge is -2.16. The Labute approximate surface area is 132 Å². The highest BCUT2D eigenvalue weighted by Gasteiger charge is 2.10. The van der Waals surface area contributed by atoms with Crippen LogP contribution >= 0.6 is 0 Å². The first-order valence-corrected chi connectivity index (χ1v) is 7.81. The Hall–Kier alpha value is -2.29. The number of anilines is 2. The molecular weight excluding hydrogens is 272 g/mol. The van der Waals surface area contributed by atoms with Gasteiger partial charge in [0.1, 0.15) is 0 Å². The third kappa shape index (κ3) is 3.67. The predicted octanol–water partition coefficient (Wildman–Crippen LogP) is 5.07. The number of carbonyl (C=O) groups is 1. The van der Waals surface area contributed by atoms with Crippen molar-refractivity contribution in [2.45, 2.75) is 40.5 Å². The van der Waals surface area contributed by atoms with Crippen LogP contribution in [-0.2, 0) is 12.8 Å². The third-order valence-electron chi connectivity index (χ3n) is 3.87. The Bertz CT molecular complexity index is 655. The van der Waals surface area contributed by atoms with Gasteiger partial charge >= 0.3 is 6.03 Å². The lowest BCUT2D eigenvalue weighted by Crippen LogP contribution is -2.21. The number of urea groups is 1. The molecule has 3 heteroatoms. The van der Waals surface area contributed by atoms with Gasteiger partial charge in [0, 0.05) is 11.4 Å². The van der Waals surface area contributed by atoms with E-state index < -0.39 is 0 Å². The molecule has 2 rings (SSSR count). The largest absolute Gasteiger partial charge is 0.323 e. The Morgan fingerprint density at radius 1 is 0.955 bits per heavy atom. The summed E-state index contributed by atoms with van der Waals surface area (Å²) in [5, 5.41) is 5.96. The molecule has 0 unspecified atom stereocenters. The van der Waals surface area contributed by atoms with Crippen LogP contribution in [-0.4, -0.2) is 6.03 Å². The first-order valence-electron chi connectivity index (χ1n) is 7.81. The number of carbonyl (C=O) groups excluding carboxylic acids is 1. The maximum absolute atomic E-state index is 12.3. The number of para-hydroxylation sites is 1. The zero-order chi connectivity index (χ0) is 16.1.